The van der Waals surface area contributed by atoms with E-state index in [9.17, 15) is 0 Å². The highest BCUT2D eigenvalue weighted by Gasteiger charge is 2.07. The Morgan fingerprint density at radius 1 is 1.06 bits per heavy atom. The maximum Gasteiger partial charge on any atom is 0.157 e. The molecule has 0 saturated carbocycles. The minimum absolute atomic E-state index is 0.918. The predicted molar refractivity (Wildman–Crippen MR) is 63.2 cm³/mol. The van der Waals surface area contributed by atoms with E-state index < -0.39 is 0 Å². The Bertz CT molecular complexity index is 626. The molecule has 1 aromatic carbocycles. The minimum atomic E-state index is 0.918. The van der Waals surface area contributed by atoms with Gasteiger partial charge in [-0.25, -0.2) is 9.50 Å². The highest BCUT2D eigenvalue weighted by molar-refractivity contribution is 5.63. The van der Waals surface area contributed by atoms with Gasteiger partial charge in [0.15, 0.2) is 5.65 Å². The predicted octanol–water partition coefficient (Wildman–Crippen LogP) is 2.70. The van der Waals surface area contributed by atoms with Crippen LogP contribution >= 0.6 is 0 Å². The molecule has 3 rings (SSSR count). The number of benzene rings is 1. The first kappa shape index (κ1) is 9.09. The van der Waals surface area contributed by atoms with Crippen LogP contribution in [0.3, 0.4) is 0 Å². The van der Waals surface area contributed by atoms with E-state index in [1.807, 2.05) is 41.9 Å². The van der Waals surface area contributed by atoms with E-state index in [4.69, 9.17) is 0 Å². The molecule has 3 nitrogen and oxygen atoms in total. The van der Waals surface area contributed by atoms with Crippen molar-refractivity contribution in [1.29, 1.82) is 0 Å². The Kier molecular flexibility index (Phi) is 1.96. The number of imidazole rings is 1. The Morgan fingerprint density at radius 3 is 2.69 bits per heavy atom. The number of aryl methyl sites for hydroxylation is 1. The normalized spacial score (nSPS) is 10.8. The highest BCUT2D eigenvalue weighted by Crippen LogP contribution is 2.20. The third-order valence-corrected chi connectivity index (χ3v) is 2.67. The molecule has 0 unspecified atom stereocenters. The molecule has 0 atom stereocenters. The highest BCUT2D eigenvalue weighted by atomic mass is 15.3. The van der Waals surface area contributed by atoms with E-state index in [1.165, 1.54) is 0 Å². The minimum Gasteiger partial charge on any atom is -0.235 e. The van der Waals surface area contributed by atoms with Gasteiger partial charge >= 0.3 is 0 Å². The van der Waals surface area contributed by atoms with Gasteiger partial charge in [-0.1, -0.05) is 30.3 Å². The van der Waals surface area contributed by atoms with Gasteiger partial charge in [-0.3, -0.25) is 0 Å². The van der Waals surface area contributed by atoms with Crippen LogP contribution in [0.4, 0.5) is 0 Å². The van der Waals surface area contributed by atoms with Gasteiger partial charge in [0.05, 0.1) is 11.9 Å². The zero-order valence-electron chi connectivity index (χ0n) is 8.96. The quantitative estimate of drug-likeness (QED) is 0.616. The molecule has 0 spiro atoms. The lowest BCUT2D eigenvalue weighted by Gasteiger charge is -2.01. The van der Waals surface area contributed by atoms with Gasteiger partial charge in [0.1, 0.15) is 0 Å². The molecular formula is C13H11N3. The molecule has 0 aliphatic heterocycles. The molecule has 3 heteroatoms. The third-order valence-electron chi connectivity index (χ3n) is 2.67. The number of rotatable bonds is 1. The maximum absolute atomic E-state index is 4.40. The molecule has 3 aromatic rings. The Hall–Kier alpha value is -2.16. The van der Waals surface area contributed by atoms with E-state index in [0.717, 1.165) is 22.5 Å². The molecule has 0 saturated heterocycles. The SMILES string of the molecule is Cc1ccnn2c(-c3ccccc3)cnc12. The lowest BCUT2D eigenvalue weighted by molar-refractivity contribution is 0.934. The fraction of sp³-hybridized carbons (Fsp3) is 0.0769. The average Bonchev–Trinajstić information content (AvgIpc) is 2.75. The van der Waals surface area contributed by atoms with E-state index in [2.05, 4.69) is 22.2 Å². The van der Waals surface area contributed by atoms with Crippen molar-refractivity contribution < 1.29 is 0 Å². The van der Waals surface area contributed by atoms with Crippen LogP contribution in [0.2, 0.25) is 0 Å². The van der Waals surface area contributed by atoms with Crippen molar-refractivity contribution in [2.75, 3.05) is 0 Å². The van der Waals surface area contributed by atoms with Crippen molar-refractivity contribution in [3.63, 3.8) is 0 Å². The first-order valence-electron chi connectivity index (χ1n) is 5.21. The van der Waals surface area contributed by atoms with Gasteiger partial charge in [-0.05, 0) is 18.6 Å². The number of fused-ring (bicyclic) bond motifs is 1. The van der Waals surface area contributed by atoms with Gasteiger partial charge in [-0.15, -0.1) is 0 Å². The summed E-state index contributed by atoms with van der Waals surface area (Å²) in [5.74, 6) is 0. The second kappa shape index (κ2) is 3.45. The molecule has 2 heterocycles. The van der Waals surface area contributed by atoms with Crippen LogP contribution in [0.1, 0.15) is 5.56 Å². The molecule has 0 amide bonds. The molecule has 0 bridgehead atoms. The van der Waals surface area contributed by atoms with E-state index in [0.29, 0.717) is 0 Å². The summed E-state index contributed by atoms with van der Waals surface area (Å²) < 4.78 is 1.88. The van der Waals surface area contributed by atoms with E-state index in [-0.39, 0.29) is 0 Å². The number of nitrogens with zero attached hydrogens (tertiary/aromatic N) is 3. The van der Waals surface area contributed by atoms with E-state index >= 15 is 0 Å². The monoisotopic (exact) mass is 209 g/mol. The van der Waals surface area contributed by atoms with Crippen molar-refractivity contribution in [2.45, 2.75) is 6.92 Å². The zero-order chi connectivity index (χ0) is 11.0. The average molecular weight is 209 g/mol. The number of aromatic nitrogens is 3. The molecular weight excluding hydrogens is 198 g/mol. The van der Waals surface area contributed by atoms with Crippen LogP contribution in [0.5, 0.6) is 0 Å². The second-order valence-electron chi connectivity index (χ2n) is 3.76. The number of hydrogen-bond donors (Lipinski definition) is 0. The molecule has 0 N–H and O–H groups in total. The summed E-state index contributed by atoms with van der Waals surface area (Å²) in [5, 5.41) is 4.33. The van der Waals surface area contributed by atoms with Crippen LogP contribution in [0, 0.1) is 6.92 Å². The van der Waals surface area contributed by atoms with E-state index in [1.54, 1.807) is 6.20 Å². The van der Waals surface area contributed by atoms with Crippen LogP contribution in [-0.4, -0.2) is 14.6 Å². The Balaban J connectivity index is 2.30. The molecule has 2 aromatic heterocycles. The first-order valence-corrected chi connectivity index (χ1v) is 5.21. The molecule has 0 aliphatic rings. The molecule has 0 fully saturated rings. The smallest absolute Gasteiger partial charge is 0.157 e. The molecule has 78 valence electrons. The lowest BCUT2D eigenvalue weighted by Crippen LogP contribution is -1.94. The summed E-state index contributed by atoms with van der Waals surface area (Å²) in [4.78, 5) is 4.40. The second-order valence-corrected chi connectivity index (χ2v) is 3.76. The van der Waals surface area contributed by atoms with Gasteiger partial charge in [0.2, 0.25) is 0 Å². The Labute approximate surface area is 93.4 Å². The van der Waals surface area contributed by atoms with Crippen LogP contribution in [-0.2, 0) is 0 Å². The molecule has 16 heavy (non-hydrogen) atoms. The third kappa shape index (κ3) is 1.29. The van der Waals surface area contributed by atoms with Gasteiger partial charge in [0.25, 0.3) is 0 Å². The van der Waals surface area contributed by atoms with Crippen LogP contribution in [0.15, 0.2) is 48.8 Å². The topological polar surface area (TPSA) is 30.2 Å². The summed E-state index contributed by atoms with van der Waals surface area (Å²) in [5.41, 5.74) is 4.21. The van der Waals surface area contributed by atoms with Crippen molar-refractivity contribution >= 4 is 5.65 Å². The zero-order valence-corrected chi connectivity index (χ0v) is 8.96. The van der Waals surface area contributed by atoms with Gasteiger partial charge < -0.3 is 0 Å². The largest absolute Gasteiger partial charge is 0.235 e. The lowest BCUT2D eigenvalue weighted by atomic mass is 10.2. The summed E-state index contributed by atoms with van der Waals surface area (Å²) in [6.45, 7) is 2.04. The summed E-state index contributed by atoms with van der Waals surface area (Å²) in [6.07, 6.45) is 3.67. The van der Waals surface area contributed by atoms with Crippen molar-refractivity contribution in [2.24, 2.45) is 0 Å². The standard InChI is InChI=1S/C13H11N3/c1-10-7-8-15-16-12(9-14-13(10)16)11-5-3-2-4-6-11/h2-9H,1H3. The summed E-state index contributed by atoms with van der Waals surface area (Å²) in [6, 6.07) is 12.1. The summed E-state index contributed by atoms with van der Waals surface area (Å²) in [7, 11) is 0. The van der Waals surface area contributed by atoms with Crippen molar-refractivity contribution in [3.05, 3.63) is 54.4 Å². The fourth-order valence-corrected chi connectivity index (χ4v) is 1.82. The molecule has 0 radical (unpaired) electrons. The number of hydrogen-bond acceptors (Lipinski definition) is 2. The van der Waals surface area contributed by atoms with Crippen LogP contribution in [0.25, 0.3) is 16.9 Å². The van der Waals surface area contributed by atoms with Crippen molar-refractivity contribution in [1.82, 2.24) is 14.6 Å². The van der Waals surface area contributed by atoms with Gasteiger partial charge in [-0.2, -0.15) is 5.10 Å². The first-order chi connectivity index (χ1) is 7.86. The molecule has 0 aliphatic carbocycles. The fourth-order valence-electron chi connectivity index (χ4n) is 1.82. The Morgan fingerprint density at radius 2 is 1.88 bits per heavy atom. The summed E-state index contributed by atoms with van der Waals surface area (Å²) >= 11 is 0. The van der Waals surface area contributed by atoms with Gasteiger partial charge in [0, 0.05) is 11.8 Å². The van der Waals surface area contributed by atoms with Crippen molar-refractivity contribution in [3.8, 4) is 11.3 Å². The maximum atomic E-state index is 4.40. The van der Waals surface area contributed by atoms with Crippen LogP contribution < -0.4 is 0 Å².